The first kappa shape index (κ1) is 12.1. The summed E-state index contributed by atoms with van der Waals surface area (Å²) in [5.74, 6) is 0.275. The van der Waals surface area contributed by atoms with Crippen LogP contribution in [0, 0.1) is 11.3 Å². The van der Waals surface area contributed by atoms with Crippen LogP contribution in [0.3, 0.4) is 0 Å². The van der Waals surface area contributed by atoms with Crippen molar-refractivity contribution in [1.82, 2.24) is 0 Å². The van der Waals surface area contributed by atoms with E-state index in [4.69, 9.17) is 23.2 Å². The van der Waals surface area contributed by atoms with Crippen LogP contribution in [0.1, 0.15) is 27.2 Å². The van der Waals surface area contributed by atoms with Gasteiger partial charge in [-0.2, -0.15) is 0 Å². The van der Waals surface area contributed by atoms with E-state index in [-0.39, 0.29) is 11.3 Å². The Bertz CT molecular complexity index is 192. The van der Waals surface area contributed by atoms with Gasteiger partial charge in [-0.3, -0.25) is 0 Å². The van der Waals surface area contributed by atoms with Gasteiger partial charge in [0.1, 0.15) is 0 Å². The fraction of sp³-hybridized carbons (Fsp3) is 0.600. The Morgan fingerprint density at radius 1 is 1.33 bits per heavy atom. The molecule has 0 aliphatic rings. The molecule has 0 amide bonds. The Balaban J connectivity index is 4.24. The van der Waals surface area contributed by atoms with Gasteiger partial charge in [0, 0.05) is 15.5 Å². The number of halogens is 2. The monoisotopic (exact) mass is 206 g/mol. The van der Waals surface area contributed by atoms with E-state index in [1.807, 2.05) is 6.92 Å². The number of rotatable bonds is 4. The van der Waals surface area contributed by atoms with Crippen molar-refractivity contribution in [3.63, 3.8) is 0 Å². The second-order valence-corrected chi connectivity index (χ2v) is 4.78. The Morgan fingerprint density at radius 3 is 2.00 bits per heavy atom. The molecule has 0 aromatic heterocycles. The third-order valence-electron chi connectivity index (χ3n) is 2.09. The van der Waals surface area contributed by atoms with Gasteiger partial charge in [-0.15, -0.1) is 0 Å². The molecular weight excluding hydrogens is 191 g/mol. The van der Waals surface area contributed by atoms with Crippen molar-refractivity contribution in [2.45, 2.75) is 27.2 Å². The fourth-order valence-electron chi connectivity index (χ4n) is 0.987. The van der Waals surface area contributed by atoms with E-state index in [2.05, 4.69) is 27.0 Å². The molecule has 1 unspecified atom stereocenters. The third-order valence-corrected chi connectivity index (χ3v) is 2.97. The lowest BCUT2D eigenvalue weighted by Crippen LogP contribution is -2.15. The highest BCUT2D eigenvalue weighted by atomic mass is 35.5. The summed E-state index contributed by atoms with van der Waals surface area (Å²) in [7, 11) is 0. The molecule has 0 N–H and O–H groups in total. The summed E-state index contributed by atoms with van der Waals surface area (Å²) in [4.78, 5) is 0. The second-order valence-electron chi connectivity index (χ2n) is 3.84. The summed E-state index contributed by atoms with van der Waals surface area (Å²) < 4.78 is 0. The molecule has 0 heterocycles. The predicted octanol–water partition coefficient (Wildman–Crippen LogP) is 4.54. The van der Waals surface area contributed by atoms with Crippen LogP contribution < -0.4 is 0 Å². The number of allylic oxidation sites excluding steroid dienone is 2. The van der Waals surface area contributed by atoms with Gasteiger partial charge >= 0.3 is 0 Å². The second kappa shape index (κ2) is 4.34. The summed E-state index contributed by atoms with van der Waals surface area (Å²) in [5, 5.41) is 1.35. The maximum Gasteiger partial charge on any atom is 0.0165 e. The van der Waals surface area contributed by atoms with Crippen LogP contribution in [0.15, 0.2) is 23.2 Å². The van der Waals surface area contributed by atoms with Crippen molar-refractivity contribution >= 4 is 23.2 Å². The van der Waals surface area contributed by atoms with E-state index in [1.54, 1.807) is 0 Å². The van der Waals surface area contributed by atoms with Crippen LogP contribution >= 0.6 is 23.2 Å². The topological polar surface area (TPSA) is 0 Å². The van der Waals surface area contributed by atoms with E-state index in [0.29, 0.717) is 10.1 Å². The van der Waals surface area contributed by atoms with Gasteiger partial charge in [-0.1, -0.05) is 57.1 Å². The maximum absolute atomic E-state index is 5.85. The Labute approximate surface area is 85.3 Å². The molecule has 0 aromatic carbocycles. The highest BCUT2D eigenvalue weighted by molar-refractivity contribution is 6.30. The zero-order valence-electron chi connectivity index (χ0n) is 7.95. The van der Waals surface area contributed by atoms with E-state index < -0.39 is 0 Å². The van der Waals surface area contributed by atoms with Crippen LogP contribution in [0.4, 0.5) is 0 Å². The van der Waals surface area contributed by atoms with E-state index in [1.165, 1.54) is 0 Å². The standard InChI is InChI=1S/C10H16Cl2/c1-7(8(2)11)6-10(4,5)9(3)12/h7H,2-3,6H2,1,4-5H3. The first-order valence-electron chi connectivity index (χ1n) is 3.96. The number of hydrogen-bond acceptors (Lipinski definition) is 0. The highest BCUT2D eigenvalue weighted by Gasteiger charge is 2.23. The third kappa shape index (κ3) is 3.64. The average Bonchev–Trinajstić information content (AvgIpc) is 1.85. The SMILES string of the molecule is C=C(Cl)C(C)CC(C)(C)C(=C)Cl. The molecular formula is C10H16Cl2. The first-order valence-corrected chi connectivity index (χ1v) is 4.72. The molecule has 0 spiro atoms. The van der Waals surface area contributed by atoms with Crippen molar-refractivity contribution in [2.24, 2.45) is 11.3 Å². The smallest absolute Gasteiger partial charge is 0.0165 e. The van der Waals surface area contributed by atoms with Gasteiger partial charge in [-0.25, -0.2) is 0 Å². The fourth-order valence-corrected chi connectivity index (χ4v) is 1.14. The van der Waals surface area contributed by atoms with E-state index in [0.717, 1.165) is 6.42 Å². The lowest BCUT2D eigenvalue weighted by Gasteiger charge is -2.26. The largest absolute Gasteiger partial charge is 0.0895 e. The summed E-state index contributed by atoms with van der Waals surface area (Å²) in [6, 6.07) is 0. The lowest BCUT2D eigenvalue weighted by molar-refractivity contribution is 0.376. The molecule has 0 radical (unpaired) electrons. The maximum atomic E-state index is 5.85. The minimum Gasteiger partial charge on any atom is -0.0895 e. The molecule has 0 aliphatic heterocycles. The average molecular weight is 207 g/mol. The Morgan fingerprint density at radius 2 is 1.75 bits per heavy atom. The Kier molecular flexibility index (Phi) is 4.36. The molecule has 12 heavy (non-hydrogen) atoms. The first-order chi connectivity index (χ1) is 5.27. The molecule has 0 fully saturated rings. The minimum absolute atomic E-state index is 0.0706. The van der Waals surface area contributed by atoms with Crippen molar-refractivity contribution in [2.75, 3.05) is 0 Å². The van der Waals surface area contributed by atoms with Crippen LogP contribution in [0.25, 0.3) is 0 Å². The van der Waals surface area contributed by atoms with Gasteiger partial charge in [0.25, 0.3) is 0 Å². The van der Waals surface area contributed by atoms with Crippen LogP contribution in [0.2, 0.25) is 0 Å². The van der Waals surface area contributed by atoms with Crippen LogP contribution in [-0.2, 0) is 0 Å². The minimum atomic E-state index is -0.0706. The molecule has 0 saturated heterocycles. The van der Waals surface area contributed by atoms with Gasteiger partial charge in [-0.05, 0) is 12.3 Å². The van der Waals surface area contributed by atoms with E-state index in [9.17, 15) is 0 Å². The molecule has 0 aromatic rings. The van der Waals surface area contributed by atoms with Crippen molar-refractivity contribution in [3.05, 3.63) is 23.2 Å². The van der Waals surface area contributed by atoms with Crippen molar-refractivity contribution < 1.29 is 0 Å². The normalized spacial score (nSPS) is 14.1. The van der Waals surface area contributed by atoms with E-state index >= 15 is 0 Å². The Hall–Kier alpha value is 0.0600. The summed E-state index contributed by atoms with van der Waals surface area (Å²) >= 11 is 11.6. The molecule has 0 saturated carbocycles. The zero-order chi connectivity index (χ0) is 9.94. The van der Waals surface area contributed by atoms with Crippen molar-refractivity contribution in [3.8, 4) is 0 Å². The molecule has 0 rings (SSSR count). The van der Waals surface area contributed by atoms with Gasteiger partial charge in [0.05, 0.1) is 0 Å². The summed E-state index contributed by atoms with van der Waals surface area (Å²) in [6.07, 6.45) is 0.887. The lowest BCUT2D eigenvalue weighted by atomic mass is 9.83. The van der Waals surface area contributed by atoms with Gasteiger partial charge in [0.2, 0.25) is 0 Å². The predicted molar refractivity (Wildman–Crippen MR) is 57.5 cm³/mol. The quantitative estimate of drug-likeness (QED) is 0.634. The van der Waals surface area contributed by atoms with Crippen LogP contribution in [0.5, 0.6) is 0 Å². The molecule has 0 aliphatic carbocycles. The highest BCUT2D eigenvalue weighted by Crippen LogP contribution is 2.37. The summed E-state index contributed by atoms with van der Waals surface area (Å²) in [6.45, 7) is 13.6. The van der Waals surface area contributed by atoms with Gasteiger partial charge < -0.3 is 0 Å². The zero-order valence-corrected chi connectivity index (χ0v) is 9.47. The van der Waals surface area contributed by atoms with Crippen molar-refractivity contribution in [1.29, 1.82) is 0 Å². The molecule has 0 bridgehead atoms. The van der Waals surface area contributed by atoms with Gasteiger partial charge in [0.15, 0.2) is 0 Å². The summed E-state index contributed by atoms with van der Waals surface area (Å²) in [5.41, 5.74) is -0.0706. The molecule has 0 nitrogen and oxygen atoms in total. The molecule has 70 valence electrons. The molecule has 2 heteroatoms. The van der Waals surface area contributed by atoms with Crippen LogP contribution in [-0.4, -0.2) is 0 Å². The number of hydrogen-bond donors (Lipinski definition) is 0. The molecule has 1 atom stereocenters.